The van der Waals surface area contributed by atoms with Crippen LogP contribution < -0.4 is 10.1 Å². The van der Waals surface area contributed by atoms with Gasteiger partial charge in [-0.2, -0.15) is 13.2 Å². The Morgan fingerprint density at radius 1 is 1.15 bits per heavy atom. The lowest BCUT2D eigenvalue weighted by molar-refractivity contribution is -0.137. The highest BCUT2D eigenvalue weighted by molar-refractivity contribution is 7.99. The molecule has 0 aliphatic rings. The van der Waals surface area contributed by atoms with Crippen molar-refractivity contribution < 1.29 is 22.7 Å². The molecule has 1 heterocycles. The Morgan fingerprint density at radius 3 is 2.52 bits per heavy atom. The van der Waals surface area contributed by atoms with E-state index in [9.17, 15) is 18.0 Å². The molecule has 1 amide bonds. The molecule has 0 bridgehead atoms. The van der Waals surface area contributed by atoms with Crippen LogP contribution in [0.3, 0.4) is 0 Å². The zero-order valence-electron chi connectivity index (χ0n) is 17.9. The number of carbonyl (C=O) groups is 1. The molecule has 0 aliphatic carbocycles. The first-order valence-corrected chi connectivity index (χ1v) is 11.5. The SMILES string of the molecule is CCc1ccc(OCc2nnc(SCC(=O)Nc3cc(C(F)(F)F)ccc3Cl)n2CC)cc1. The fourth-order valence-corrected chi connectivity index (χ4v) is 3.92. The number of thioether (sulfide) groups is 1. The molecule has 2 aromatic carbocycles. The van der Waals surface area contributed by atoms with Crippen molar-refractivity contribution in [2.24, 2.45) is 0 Å². The first-order valence-electron chi connectivity index (χ1n) is 10.1. The van der Waals surface area contributed by atoms with Crippen LogP contribution in [0.1, 0.15) is 30.8 Å². The molecule has 0 unspecified atom stereocenters. The number of halogens is 4. The molecule has 0 fully saturated rings. The highest BCUT2D eigenvalue weighted by Gasteiger charge is 2.31. The van der Waals surface area contributed by atoms with Crippen LogP contribution >= 0.6 is 23.4 Å². The third-order valence-corrected chi connectivity index (χ3v) is 6.01. The summed E-state index contributed by atoms with van der Waals surface area (Å²) in [5.41, 5.74) is 0.217. The summed E-state index contributed by atoms with van der Waals surface area (Å²) in [6.07, 6.45) is -3.59. The second-order valence-electron chi connectivity index (χ2n) is 6.96. The minimum Gasteiger partial charge on any atom is -0.486 e. The lowest BCUT2D eigenvalue weighted by Crippen LogP contribution is -2.16. The standard InChI is InChI=1S/C22H22ClF3N4O2S/c1-3-14-5-8-16(9-6-14)32-12-19-28-29-21(30(19)4-2)33-13-20(31)27-18-11-15(22(24,25)26)7-10-17(18)23/h5-11H,3-4,12-13H2,1-2H3,(H,27,31). The van der Waals surface area contributed by atoms with Crippen molar-refractivity contribution in [3.63, 3.8) is 0 Å². The van der Waals surface area contributed by atoms with E-state index in [-0.39, 0.29) is 23.1 Å². The van der Waals surface area contributed by atoms with Gasteiger partial charge in [0.2, 0.25) is 5.91 Å². The number of rotatable bonds is 9. The van der Waals surface area contributed by atoms with E-state index in [0.29, 0.717) is 23.3 Å². The molecule has 0 radical (unpaired) electrons. The minimum atomic E-state index is -4.53. The van der Waals surface area contributed by atoms with Crippen molar-refractivity contribution >= 4 is 35.0 Å². The number of alkyl halides is 3. The monoisotopic (exact) mass is 498 g/mol. The summed E-state index contributed by atoms with van der Waals surface area (Å²) in [4.78, 5) is 12.3. The number of carbonyl (C=O) groups excluding carboxylic acids is 1. The topological polar surface area (TPSA) is 69.0 Å². The summed E-state index contributed by atoms with van der Waals surface area (Å²) in [6, 6.07) is 10.5. The van der Waals surface area contributed by atoms with Crippen LogP contribution in [-0.4, -0.2) is 26.4 Å². The Hall–Kier alpha value is -2.72. The molecule has 1 aromatic heterocycles. The first-order chi connectivity index (χ1) is 15.7. The fraction of sp³-hybridized carbons (Fsp3) is 0.318. The van der Waals surface area contributed by atoms with Gasteiger partial charge in [0, 0.05) is 6.54 Å². The minimum absolute atomic E-state index is 0.0180. The van der Waals surface area contributed by atoms with E-state index in [1.165, 1.54) is 5.56 Å². The van der Waals surface area contributed by atoms with Gasteiger partial charge >= 0.3 is 6.18 Å². The van der Waals surface area contributed by atoms with Gasteiger partial charge < -0.3 is 14.6 Å². The second-order valence-corrected chi connectivity index (χ2v) is 8.31. The lowest BCUT2D eigenvalue weighted by Gasteiger charge is -2.12. The summed E-state index contributed by atoms with van der Waals surface area (Å²) in [5, 5.41) is 11.2. The number of nitrogens with one attached hydrogen (secondary N) is 1. The van der Waals surface area contributed by atoms with Gasteiger partial charge in [-0.25, -0.2) is 0 Å². The number of ether oxygens (including phenoxy) is 1. The summed E-state index contributed by atoms with van der Waals surface area (Å²) in [7, 11) is 0. The van der Waals surface area contributed by atoms with Crippen molar-refractivity contribution in [3.05, 3.63) is 64.4 Å². The van der Waals surface area contributed by atoms with Crippen molar-refractivity contribution in [1.82, 2.24) is 14.8 Å². The van der Waals surface area contributed by atoms with Crippen LogP contribution in [-0.2, 0) is 30.5 Å². The van der Waals surface area contributed by atoms with E-state index in [2.05, 4.69) is 22.4 Å². The predicted octanol–water partition coefficient (Wildman–Crippen LogP) is 5.84. The summed E-state index contributed by atoms with van der Waals surface area (Å²) >= 11 is 7.05. The van der Waals surface area contributed by atoms with E-state index < -0.39 is 17.6 Å². The molecular formula is C22H22ClF3N4O2S. The molecule has 6 nitrogen and oxygen atoms in total. The average Bonchev–Trinajstić information content (AvgIpc) is 3.19. The molecule has 0 saturated carbocycles. The number of hydrogen-bond acceptors (Lipinski definition) is 5. The van der Waals surface area contributed by atoms with Gasteiger partial charge in [-0.1, -0.05) is 42.4 Å². The maximum Gasteiger partial charge on any atom is 0.416 e. The highest BCUT2D eigenvalue weighted by Crippen LogP contribution is 2.34. The van der Waals surface area contributed by atoms with Crippen molar-refractivity contribution in [2.75, 3.05) is 11.1 Å². The highest BCUT2D eigenvalue weighted by atomic mass is 35.5. The maximum absolute atomic E-state index is 12.9. The average molecular weight is 499 g/mol. The maximum atomic E-state index is 12.9. The lowest BCUT2D eigenvalue weighted by atomic mass is 10.2. The Balaban J connectivity index is 1.60. The fourth-order valence-electron chi connectivity index (χ4n) is 2.93. The van der Waals surface area contributed by atoms with E-state index >= 15 is 0 Å². The summed E-state index contributed by atoms with van der Waals surface area (Å²) in [5.74, 6) is 0.718. The molecule has 0 atom stereocenters. The summed E-state index contributed by atoms with van der Waals surface area (Å²) < 4.78 is 46.3. The third kappa shape index (κ3) is 6.64. The summed E-state index contributed by atoms with van der Waals surface area (Å²) in [6.45, 7) is 4.76. The molecular weight excluding hydrogens is 477 g/mol. The van der Waals surface area contributed by atoms with Crippen LogP contribution in [0.15, 0.2) is 47.6 Å². The van der Waals surface area contributed by atoms with Crippen molar-refractivity contribution in [2.45, 2.75) is 44.8 Å². The number of nitrogens with zero attached hydrogens (tertiary/aromatic N) is 3. The quantitative estimate of drug-likeness (QED) is 0.375. The van der Waals surface area contributed by atoms with Gasteiger partial charge in [0.15, 0.2) is 11.0 Å². The Morgan fingerprint density at radius 2 is 1.88 bits per heavy atom. The molecule has 1 N–H and O–H groups in total. The number of benzene rings is 2. The number of hydrogen-bond donors (Lipinski definition) is 1. The van der Waals surface area contributed by atoms with Gasteiger partial charge in [-0.05, 0) is 49.2 Å². The normalized spacial score (nSPS) is 11.5. The zero-order valence-corrected chi connectivity index (χ0v) is 19.5. The van der Waals surface area contributed by atoms with Crippen molar-refractivity contribution in [1.29, 1.82) is 0 Å². The predicted molar refractivity (Wildman–Crippen MR) is 122 cm³/mol. The molecule has 0 spiro atoms. The third-order valence-electron chi connectivity index (χ3n) is 4.71. The van der Waals surface area contributed by atoms with E-state index in [0.717, 1.165) is 36.4 Å². The van der Waals surface area contributed by atoms with Crippen LogP contribution in [0.4, 0.5) is 18.9 Å². The number of anilines is 1. The number of amides is 1. The Kier molecular flexibility index (Phi) is 8.25. The molecule has 11 heteroatoms. The Bertz CT molecular complexity index is 1100. The van der Waals surface area contributed by atoms with Crippen LogP contribution in [0.25, 0.3) is 0 Å². The molecule has 3 rings (SSSR count). The smallest absolute Gasteiger partial charge is 0.416 e. The molecule has 3 aromatic rings. The Labute approximate surface area is 198 Å². The van der Waals surface area contributed by atoms with E-state index in [4.69, 9.17) is 16.3 Å². The second kappa shape index (κ2) is 10.9. The van der Waals surface area contributed by atoms with Crippen molar-refractivity contribution in [3.8, 4) is 5.75 Å². The molecule has 0 aliphatic heterocycles. The van der Waals surface area contributed by atoms with Crippen LogP contribution in [0.5, 0.6) is 5.75 Å². The van der Waals surface area contributed by atoms with Gasteiger partial charge in [0.1, 0.15) is 12.4 Å². The zero-order chi connectivity index (χ0) is 24.0. The van der Waals surface area contributed by atoms with Gasteiger partial charge in [-0.15, -0.1) is 10.2 Å². The van der Waals surface area contributed by atoms with Gasteiger partial charge in [0.25, 0.3) is 0 Å². The largest absolute Gasteiger partial charge is 0.486 e. The van der Waals surface area contributed by atoms with Crippen LogP contribution in [0.2, 0.25) is 5.02 Å². The van der Waals surface area contributed by atoms with Crippen LogP contribution in [0, 0.1) is 0 Å². The van der Waals surface area contributed by atoms with Gasteiger partial charge in [-0.3, -0.25) is 4.79 Å². The molecule has 0 saturated heterocycles. The molecule has 33 heavy (non-hydrogen) atoms. The number of aromatic nitrogens is 3. The first kappa shape index (κ1) is 24.9. The van der Waals surface area contributed by atoms with E-state index in [1.54, 1.807) is 0 Å². The number of aryl methyl sites for hydroxylation is 1. The molecule has 176 valence electrons. The van der Waals surface area contributed by atoms with Gasteiger partial charge in [0.05, 0.1) is 22.0 Å². The van der Waals surface area contributed by atoms with E-state index in [1.807, 2.05) is 35.8 Å².